The van der Waals surface area contributed by atoms with Crippen molar-refractivity contribution in [2.75, 3.05) is 7.11 Å². The molecule has 0 saturated heterocycles. The van der Waals surface area contributed by atoms with Crippen LogP contribution >= 0.6 is 15.9 Å². The predicted molar refractivity (Wildman–Crippen MR) is 42.8 cm³/mol. The minimum Gasteiger partial charge on any atom is -0.399 e. The Labute approximate surface area is 63.7 Å². The molecule has 9 heavy (non-hydrogen) atoms. The van der Waals surface area contributed by atoms with Crippen molar-refractivity contribution >= 4 is 22.1 Å². The van der Waals surface area contributed by atoms with Crippen molar-refractivity contribution in [2.45, 2.75) is 13.3 Å². The molecule has 0 saturated carbocycles. The molecule has 0 unspecified atom stereocenters. The zero-order valence-electron chi connectivity index (χ0n) is 5.60. The van der Waals surface area contributed by atoms with Gasteiger partial charge in [-0.2, -0.15) is 0 Å². The Balaban J connectivity index is 3.60. The predicted octanol–water partition coefficient (Wildman–Crippen LogP) is 2.31. The van der Waals surface area contributed by atoms with Crippen molar-refractivity contribution in [3.8, 4) is 0 Å². The lowest BCUT2D eigenvalue weighted by Gasteiger charge is -1.85. The van der Waals surface area contributed by atoms with Gasteiger partial charge in [-0.05, 0) is 22.4 Å². The number of hydrogen-bond acceptors (Lipinski definition) is 2. The molecule has 0 fully saturated rings. The average molecular weight is 192 g/mol. The van der Waals surface area contributed by atoms with Crippen LogP contribution in [0.1, 0.15) is 13.3 Å². The molecule has 0 bridgehead atoms. The molecule has 0 aromatic rings. The first-order valence-corrected chi connectivity index (χ1v) is 3.52. The lowest BCUT2D eigenvalue weighted by molar-refractivity contribution is 0.215. The van der Waals surface area contributed by atoms with E-state index in [2.05, 4.69) is 32.8 Å². The van der Waals surface area contributed by atoms with Crippen LogP contribution in [0.15, 0.2) is 15.7 Å². The monoisotopic (exact) mass is 191 g/mol. The quantitative estimate of drug-likeness (QED) is 0.496. The summed E-state index contributed by atoms with van der Waals surface area (Å²) in [6, 6.07) is 0. The van der Waals surface area contributed by atoms with Crippen LogP contribution in [0.25, 0.3) is 0 Å². The van der Waals surface area contributed by atoms with E-state index in [-0.39, 0.29) is 0 Å². The Morgan fingerprint density at radius 2 is 2.44 bits per heavy atom. The molecule has 0 radical (unpaired) electrons. The third-order valence-electron chi connectivity index (χ3n) is 0.681. The van der Waals surface area contributed by atoms with Crippen molar-refractivity contribution in [3.63, 3.8) is 0 Å². The summed E-state index contributed by atoms with van der Waals surface area (Å²) in [5.41, 5.74) is 0. The van der Waals surface area contributed by atoms with E-state index in [9.17, 15) is 0 Å². The molecule has 0 aromatic heterocycles. The molecule has 52 valence electrons. The van der Waals surface area contributed by atoms with Crippen LogP contribution in [-0.2, 0) is 4.84 Å². The molecule has 0 rings (SSSR count). The molecule has 0 aliphatic heterocycles. The van der Waals surface area contributed by atoms with Gasteiger partial charge in [0.1, 0.15) is 7.11 Å². The number of halogens is 1. The number of rotatable bonds is 3. The highest BCUT2D eigenvalue weighted by Gasteiger charge is 1.80. The molecule has 0 atom stereocenters. The van der Waals surface area contributed by atoms with Gasteiger partial charge < -0.3 is 4.84 Å². The zero-order valence-corrected chi connectivity index (χ0v) is 7.18. The highest BCUT2D eigenvalue weighted by molar-refractivity contribution is 9.12. The van der Waals surface area contributed by atoms with E-state index in [1.54, 1.807) is 6.21 Å². The first kappa shape index (κ1) is 8.69. The van der Waals surface area contributed by atoms with E-state index in [4.69, 9.17) is 0 Å². The maximum absolute atomic E-state index is 4.46. The smallest absolute Gasteiger partial charge is 0.106 e. The van der Waals surface area contributed by atoms with Crippen molar-refractivity contribution in [1.29, 1.82) is 0 Å². The fourth-order valence-electron chi connectivity index (χ4n) is 0.351. The maximum atomic E-state index is 4.46. The SMILES string of the molecule is CC/C=C(Br)\C=N/OC. The Bertz CT molecular complexity index is 120. The Kier molecular flexibility index (Phi) is 5.62. The molecule has 0 aliphatic rings. The van der Waals surface area contributed by atoms with Crippen molar-refractivity contribution in [2.24, 2.45) is 5.16 Å². The topological polar surface area (TPSA) is 21.6 Å². The summed E-state index contributed by atoms with van der Waals surface area (Å²) in [6.07, 6.45) is 4.61. The molecule has 0 aromatic carbocycles. The van der Waals surface area contributed by atoms with Crippen LogP contribution in [0.3, 0.4) is 0 Å². The third kappa shape index (κ3) is 5.56. The second-order valence-electron chi connectivity index (χ2n) is 1.41. The lowest BCUT2D eigenvalue weighted by atomic mass is 10.4. The van der Waals surface area contributed by atoms with Crippen LogP contribution in [0, 0.1) is 0 Å². The van der Waals surface area contributed by atoms with Gasteiger partial charge in [0.15, 0.2) is 0 Å². The van der Waals surface area contributed by atoms with Gasteiger partial charge in [-0.3, -0.25) is 0 Å². The number of nitrogens with zero attached hydrogens (tertiary/aromatic N) is 1. The molecular formula is C6H10BrNO. The Morgan fingerprint density at radius 3 is 2.89 bits per heavy atom. The van der Waals surface area contributed by atoms with Gasteiger partial charge in [0.05, 0.1) is 6.21 Å². The first-order chi connectivity index (χ1) is 4.31. The van der Waals surface area contributed by atoms with Crippen LogP contribution < -0.4 is 0 Å². The summed E-state index contributed by atoms with van der Waals surface area (Å²) in [5.74, 6) is 0. The van der Waals surface area contributed by atoms with E-state index in [0.717, 1.165) is 10.9 Å². The minimum atomic E-state index is 0.951. The van der Waals surface area contributed by atoms with Crippen LogP contribution in [0.4, 0.5) is 0 Å². The number of oxime groups is 1. The van der Waals surface area contributed by atoms with E-state index in [1.807, 2.05) is 6.08 Å². The highest BCUT2D eigenvalue weighted by atomic mass is 79.9. The molecule has 0 aliphatic carbocycles. The van der Waals surface area contributed by atoms with Crippen molar-refractivity contribution < 1.29 is 4.84 Å². The number of hydrogen-bond donors (Lipinski definition) is 0. The molecule has 0 N–H and O–H groups in total. The summed E-state index contributed by atoms with van der Waals surface area (Å²) >= 11 is 3.27. The summed E-state index contributed by atoms with van der Waals surface area (Å²) in [5, 5.41) is 3.55. The van der Waals surface area contributed by atoms with Gasteiger partial charge in [0.25, 0.3) is 0 Å². The Morgan fingerprint density at radius 1 is 1.78 bits per heavy atom. The van der Waals surface area contributed by atoms with Gasteiger partial charge in [0, 0.05) is 4.48 Å². The first-order valence-electron chi connectivity index (χ1n) is 2.73. The van der Waals surface area contributed by atoms with Gasteiger partial charge >= 0.3 is 0 Å². The molecule has 0 amide bonds. The third-order valence-corrected chi connectivity index (χ3v) is 1.21. The van der Waals surface area contributed by atoms with Gasteiger partial charge in [0.2, 0.25) is 0 Å². The highest BCUT2D eigenvalue weighted by Crippen LogP contribution is 2.01. The lowest BCUT2D eigenvalue weighted by Crippen LogP contribution is -1.74. The van der Waals surface area contributed by atoms with Crippen LogP contribution in [0.2, 0.25) is 0 Å². The Hall–Kier alpha value is -0.310. The number of allylic oxidation sites excluding steroid dienone is 2. The second-order valence-corrected chi connectivity index (χ2v) is 2.33. The summed E-state index contributed by atoms with van der Waals surface area (Å²) in [4.78, 5) is 4.46. The summed E-state index contributed by atoms with van der Waals surface area (Å²) in [7, 11) is 1.52. The molecular weight excluding hydrogens is 182 g/mol. The van der Waals surface area contributed by atoms with E-state index >= 15 is 0 Å². The van der Waals surface area contributed by atoms with Gasteiger partial charge in [-0.25, -0.2) is 0 Å². The summed E-state index contributed by atoms with van der Waals surface area (Å²) < 4.78 is 0.951. The van der Waals surface area contributed by atoms with Crippen LogP contribution in [-0.4, -0.2) is 13.3 Å². The van der Waals surface area contributed by atoms with E-state index < -0.39 is 0 Å². The van der Waals surface area contributed by atoms with Crippen molar-refractivity contribution in [1.82, 2.24) is 0 Å². The maximum Gasteiger partial charge on any atom is 0.106 e. The molecule has 0 spiro atoms. The molecule has 2 nitrogen and oxygen atoms in total. The molecule has 0 heterocycles. The van der Waals surface area contributed by atoms with E-state index in [1.165, 1.54) is 7.11 Å². The minimum absolute atomic E-state index is 0.951. The average Bonchev–Trinajstić information content (AvgIpc) is 1.85. The van der Waals surface area contributed by atoms with Gasteiger partial charge in [-0.15, -0.1) is 0 Å². The zero-order chi connectivity index (χ0) is 7.11. The largest absolute Gasteiger partial charge is 0.399 e. The van der Waals surface area contributed by atoms with Gasteiger partial charge in [-0.1, -0.05) is 18.2 Å². The second kappa shape index (κ2) is 5.82. The standard InChI is InChI=1S/C6H10BrNO/c1-3-4-6(7)5-8-9-2/h4-5H,3H2,1-2H3/b6-4+,8-5-. The van der Waals surface area contributed by atoms with Crippen LogP contribution in [0.5, 0.6) is 0 Å². The van der Waals surface area contributed by atoms with E-state index in [0.29, 0.717) is 0 Å². The molecule has 3 heteroatoms. The fourth-order valence-corrected chi connectivity index (χ4v) is 0.758. The fraction of sp³-hybridized carbons (Fsp3) is 0.500. The summed E-state index contributed by atoms with van der Waals surface area (Å²) in [6.45, 7) is 2.06. The normalized spacial score (nSPS) is 12.6. The van der Waals surface area contributed by atoms with Crippen molar-refractivity contribution in [3.05, 3.63) is 10.6 Å².